The molecule has 6 heteroatoms. The molecule has 0 atom stereocenters. The Hall–Kier alpha value is -3.93. The molecule has 3 heterocycles. The Bertz CT molecular complexity index is 1140. The van der Waals surface area contributed by atoms with Gasteiger partial charge in [-0.15, -0.1) is 0 Å². The smallest absolute Gasteiger partial charge is 0.242 e. The largest absolute Gasteiger partial charge is 0.358 e. The van der Waals surface area contributed by atoms with Gasteiger partial charge in [0.1, 0.15) is 5.82 Å². The molecule has 0 spiro atoms. The summed E-state index contributed by atoms with van der Waals surface area (Å²) in [5.74, 6) is 1.03. The van der Waals surface area contributed by atoms with Gasteiger partial charge in [-0.2, -0.15) is 0 Å². The maximum atomic E-state index is 13.2. The van der Waals surface area contributed by atoms with Crippen molar-refractivity contribution in [2.75, 3.05) is 44.2 Å². The predicted molar refractivity (Wildman–Crippen MR) is 131 cm³/mol. The number of nitrogens with zero attached hydrogens (tertiary/aromatic N) is 5. The van der Waals surface area contributed by atoms with Crippen molar-refractivity contribution in [2.45, 2.75) is 0 Å². The third kappa shape index (κ3) is 4.80. The van der Waals surface area contributed by atoms with E-state index in [2.05, 4.69) is 68.3 Å². The van der Waals surface area contributed by atoms with Crippen molar-refractivity contribution in [3.05, 3.63) is 103 Å². The second-order valence-electron chi connectivity index (χ2n) is 8.23. The van der Waals surface area contributed by atoms with Crippen molar-refractivity contribution in [1.29, 1.82) is 0 Å². The van der Waals surface area contributed by atoms with Gasteiger partial charge < -0.3 is 14.7 Å². The number of rotatable bonds is 5. The zero-order valence-corrected chi connectivity index (χ0v) is 18.5. The van der Waals surface area contributed by atoms with Crippen LogP contribution in [0.5, 0.6) is 0 Å². The van der Waals surface area contributed by atoms with Crippen LogP contribution in [0.3, 0.4) is 0 Å². The molecule has 2 aromatic carbocycles. The van der Waals surface area contributed by atoms with Crippen molar-refractivity contribution in [3.63, 3.8) is 0 Å². The number of aromatic nitrogens is 2. The van der Waals surface area contributed by atoms with Gasteiger partial charge in [0.15, 0.2) is 0 Å². The van der Waals surface area contributed by atoms with Gasteiger partial charge in [-0.3, -0.25) is 9.78 Å². The summed E-state index contributed by atoms with van der Waals surface area (Å²) in [5.41, 5.74) is 4.59. The summed E-state index contributed by atoms with van der Waals surface area (Å²) in [4.78, 5) is 28.1. The average Bonchev–Trinajstić information content (AvgIpc) is 2.90. The van der Waals surface area contributed by atoms with E-state index in [9.17, 15) is 4.79 Å². The highest BCUT2D eigenvalue weighted by atomic mass is 16.2. The zero-order chi connectivity index (χ0) is 22.5. The molecule has 1 aromatic heterocycles. The maximum Gasteiger partial charge on any atom is 0.242 e. The summed E-state index contributed by atoms with van der Waals surface area (Å²) in [6.07, 6.45) is 9.57. The first kappa shape index (κ1) is 20.9. The van der Waals surface area contributed by atoms with Crippen molar-refractivity contribution in [3.8, 4) is 0 Å². The minimum absolute atomic E-state index is 0.159. The molecule has 0 saturated carbocycles. The number of amides is 1. The molecule has 0 N–H and O–H groups in total. The zero-order valence-electron chi connectivity index (χ0n) is 18.5. The molecule has 5 rings (SSSR count). The van der Waals surface area contributed by atoms with E-state index >= 15 is 0 Å². The molecular weight excluding hydrogens is 410 g/mol. The number of anilines is 1. The topological polar surface area (TPSA) is 52.6 Å². The summed E-state index contributed by atoms with van der Waals surface area (Å²) in [7, 11) is 0. The van der Waals surface area contributed by atoms with Gasteiger partial charge >= 0.3 is 0 Å². The highest BCUT2D eigenvalue weighted by Gasteiger charge is 2.25. The van der Waals surface area contributed by atoms with E-state index in [1.54, 1.807) is 18.6 Å². The lowest BCUT2D eigenvalue weighted by molar-refractivity contribution is -0.131. The molecule has 0 bridgehead atoms. The number of hydrogen-bond acceptors (Lipinski definition) is 5. The number of hydrogen-bond donors (Lipinski definition) is 0. The second-order valence-corrected chi connectivity index (χ2v) is 8.23. The SMILES string of the molecule is O=C(CN1CC=C(c2ccccc2)C=C1c1ccccc1)N1CCN(c2cnccn2)CC1. The third-order valence-corrected chi connectivity index (χ3v) is 6.17. The quantitative estimate of drug-likeness (QED) is 0.611. The molecule has 33 heavy (non-hydrogen) atoms. The summed E-state index contributed by atoms with van der Waals surface area (Å²) < 4.78 is 0. The van der Waals surface area contributed by atoms with Gasteiger partial charge in [-0.05, 0) is 22.8 Å². The van der Waals surface area contributed by atoms with Gasteiger partial charge in [-0.25, -0.2) is 4.98 Å². The Morgan fingerprint density at radius 2 is 1.55 bits per heavy atom. The molecule has 1 amide bonds. The summed E-state index contributed by atoms with van der Waals surface area (Å²) in [5, 5.41) is 0. The van der Waals surface area contributed by atoms with E-state index in [0.29, 0.717) is 26.2 Å². The molecule has 1 saturated heterocycles. The summed E-state index contributed by atoms with van der Waals surface area (Å²) in [6, 6.07) is 20.7. The van der Waals surface area contributed by atoms with Crippen LogP contribution in [0.25, 0.3) is 11.3 Å². The van der Waals surface area contributed by atoms with E-state index in [1.165, 1.54) is 11.1 Å². The van der Waals surface area contributed by atoms with E-state index < -0.39 is 0 Å². The molecule has 2 aliphatic heterocycles. The number of carbonyl (C=O) groups is 1. The monoisotopic (exact) mass is 437 g/mol. The summed E-state index contributed by atoms with van der Waals surface area (Å²) >= 11 is 0. The molecule has 6 nitrogen and oxygen atoms in total. The molecule has 2 aliphatic rings. The van der Waals surface area contributed by atoms with E-state index in [4.69, 9.17) is 0 Å². The minimum Gasteiger partial charge on any atom is -0.358 e. The van der Waals surface area contributed by atoms with Crippen LogP contribution in [0.2, 0.25) is 0 Å². The van der Waals surface area contributed by atoms with Crippen LogP contribution in [-0.2, 0) is 4.79 Å². The number of benzene rings is 2. The van der Waals surface area contributed by atoms with E-state index in [-0.39, 0.29) is 5.91 Å². The average molecular weight is 438 g/mol. The van der Waals surface area contributed by atoms with Crippen LogP contribution in [0.1, 0.15) is 11.1 Å². The van der Waals surface area contributed by atoms with E-state index in [0.717, 1.165) is 30.2 Å². The fourth-order valence-electron chi connectivity index (χ4n) is 4.36. The number of carbonyl (C=O) groups excluding carboxylic acids is 1. The minimum atomic E-state index is 0.159. The Kier molecular flexibility index (Phi) is 6.15. The Morgan fingerprint density at radius 1 is 0.848 bits per heavy atom. The van der Waals surface area contributed by atoms with Crippen LogP contribution in [-0.4, -0.2) is 64.9 Å². The molecular formula is C27H27N5O. The molecule has 3 aromatic rings. The second kappa shape index (κ2) is 9.69. The molecule has 0 unspecified atom stereocenters. The van der Waals surface area contributed by atoms with Crippen LogP contribution < -0.4 is 4.90 Å². The number of piperazine rings is 1. The maximum absolute atomic E-state index is 13.2. The first-order valence-corrected chi connectivity index (χ1v) is 11.3. The highest BCUT2D eigenvalue weighted by molar-refractivity contribution is 5.87. The van der Waals surface area contributed by atoms with Crippen molar-refractivity contribution in [2.24, 2.45) is 0 Å². The Morgan fingerprint density at radius 3 is 2.21 bits per heavy atom. The van der Waals surface area contributed by atoms with Gasteiger partial charge in [0.25, 0.3) is 0 Å². The lowest BCUT2D eigenvalue weighted by atomic mass is 9.98. The fraction of sp³-hybridized carbons (Fsp3) is 0.222. The fourth-order valence-corrected chi connectivity index (χ4v) is 4.36. The van der Waals surface area contributed by atoms with Crippen LogP contribution in [0, 0.1) is 0 Å². The standard InChI is InChI=1S/C27H27N5O/c33-27(31-17-15-30(16-18-31)26-20-28-12-13-29-26)21-32-14-11-24(22-7-3-1-4-8-22)19-25(32)23-9-5-2-6-10-23/h1-13,19-20H,14-18,21H2. The van der Waals surface area contributed by atoms with Gasteiger partial charge in [0.2, 0.25) is 5.91 Å². The van der Waals surface area contributed by atoms with Gasteiger partial charge in [-0.1, -0.05) is 66.7 Å². The highest BCUT2D eigenvalue weighted by Crippen LogP contribution is 2.29. The van der Waals surface area contributed by atoms with Crippen LogP contribution in [0.4, 0.5) is 5.82 Å². The molecule has 0 aliphatic carbocycles. The predicted octanol–water partition coefficient (Wildman–Crippen LogP) is 3.57. The van der Waals surface area contributed by atoms with Crippen molar-refractivity contribution < 1.29 is 4.79 Å². The Balaban J connectivity index is 1.29. The molecule has 0 radical (unpaired) electrons. The first-order chi connectivity index (χ1) is 16.3. The lowest BCUT2D eigenvalue weighted by Crippen LogP contribution is -2.51. The first-order valence-electron chi connectivity index (χ1n) is 11.3. The van der Waals surface area contributed by atoms with Crippen LogP contribution >= 0.6 is 0 Å². The third-order valence-electron chi connectivity index (χ3n) is 6.17. The van der Waals surface area contributed by atoms with E-state index in [1.807, 2.05) is 29.2 Å². The number of allylic oxidation sites excluding steroid dienone is 2. The Labute approximate surface area is 194 Å². The normalized spacial score (nSPS) is 16.3. The molecule has 166 valence electrons. The van der Waals surface area contributed by atoms with Crippen molar-refractivity contribution in [1.82, 2.24) is 19.8 Å². The lowest BCUT2D eigenvalue weighted by Gasteiger charge is -2.37. The van der Waals surface area contributed by atoms with Crippen LogP contribution in [0.15, 0.2) is 91.4 Å². The van der Waals surface area contributed by atoms with Gasteiger partial charge in [0, 0.05) is 50.8 Å². The summed E-state index contributed by atoms with van der Waals surface area (Å²) in [6.45, 7) is 3.99. The van der Waals surface area contributed by atoms with Gasteiger partial charge in [0.05, 0.1) is 12.7 Å². The molecule has 1 fully saturated rings. The van der Waals surface area contributed by atoms with Crippen molar-refractivity contribution >= 4 is 23.0 Å².